The number of hydrogen-bond donors (Lipinski definition) is 2. The smallest absolute Gasteiger partial charge is 0.408 e. The van der Waals surface area contributed by atoms with Crippen LogP contribution in [0.2, 0.25) is 0 Å². The van der Waals surface area contributed by atoms with Gasteiger partial charge >= 0.3 is 6.09 Å². The molecule has 1 aromatic rings. The molecular formula is C16H25N3O4S. The van der Waals surface area contributed by atoms with Gasteiger partial charge in [-0.3, -0.25) is 14.5 Å². The molecule has 0 saturated carbocycles. The number of ether oxygens (including phenoxy) is 1. The minimum Gasteiger partial charge on any atom is -0.444 e. The van der Waals surface area contributed by atoms with Crippen molar-refractivity contribution in [1.82, 2.24) is 15.0 Å². The van der Waals surface area contributed by atoms with E-state index in [4.69, 9.17) is 4.74 Å². The monoisotopic (exact) mass is 355 g/mol. The van der Waals surface area contributed by atoms with Gasteiger partial charge in [0, 0.05) is 12.4 Å². The molecule has 1 heterocycles. The molecule has 1 aromatic heterocycles. The molecule has 7 nitrogen and oxygen atoms in total. The van der Waals surface area contributed by atoms with E-state index in [9.17, 15) is 13.8 Å². The van der Waals surface area contributed by atoms with Crippen molar-refractivity contribution in [3.8, 4) is 0 Å². The maximum Gasteiger partial charge on any atom is 0.408 e. The highest BCUT2D eigenvalue weighted by atomic mass is 32.2. The van der Waals surface area contributed by atoms with Crippen LogP contribution in [0, 0.1) is 5.92 Å². The first-order valence-electron chi connectivity index (χ1n) is 7.70. The molecule has 0 aromatic carbocycles. The summed E-state index contributed by atoms with van der Waals surface area (Å²) in [6, 6.07) is 2.40. The third-order valence-corrected chi connectivity index (χ3v) is 3.81. The molecule has 8 heteroatoms. The van der Waals surface area contributed by atoms with Crippen molar-refractivity contribution in [3.05, 3.63) is 24.5 Å². The van der Waals surface area contributed by atoms with Crippen molar-refractivity contribution in [1.29, 1.82) is 0 Å². The third kappa shape index (κ3) is 7.54. The zero-order chi connectivity index (χ0) is 18.3. The van der Waals surface area contributed by atoms with Crippen LogP contribution in [0.15, 0.2) is 29.4 Å². The predicted molar refractivity (Wildman–Crippen MR) is 91.4 cm³/mol. The van der Waals surface area contributed by atoms with Gasteiger partial charge in [0.2, 0.25) is 0 Å². The van der Waals surface area contributed by atoms with E-state index in [2.05, 4.69) is 15.0 Å². The average molecular weight is 355 g/mol. The zero-order valence-electron chi connectivity index (χ0n) is 14.7. The lowest BCUT2D eigenvalue weighted by molar-refractivity contribution is -0.121. The first kappa shape index (κ1) is 20.1. The van der Waals surface area contributed by atoms with E-state index in [1.54, 1.807) is 39.1 Å². The number of carbonyl (C=O) groups excluding carboxylic acids is 2. The number of aromatic nitrogens is 1. The van der Waals surface area contributed by atoms with Crippen LogP contribution >= 0.6 is 0 Å². The Morgan fingerprint density at radius 1 is 1.33 bits per heavy atom. The Morgan fingerprint density at radius 2 is 2.00 bits per heavy atom. The number of pyridine rings is 1. The fourth-order valence-electron chi connectivity index (χ4n) is 1.83. The van der Waals surface area contributed by atoms with E-state index in [0.29, 0.717) is 11.3 Å². The summed E-state index contributed by atoms with van der Waals surface area (Å²) >= 11 is 0. The maximum atomic E-state index is 12.4. The average Bonchev–Trinajstić information content (AvgIpc) is 2.44. The predicted octanol–water partition coefficient (Wildman–Crippen LogP) is 2.16. The van der Waals surface area contributed by atoms with Gasteiger partial charge in [-0.1, -0.05) is 13.8 Å². The van der Waals surface area contributed by atoms with E-state index < -0.39 is 34.6 Å². The number of hydrogen-bond acceptors (Lipinski definition) is 5. The van der Waals surface area contributed by atoms with Crippen molar-refractivity contribution in [3.63, 3.8) is 0 Å². The van der Waals surface area contributed by atoms with Gasteiger partial charge in [-0.25, -0.2) is 9.00 Å². The van der Waals surface area contributed by atoms with Crippen LogP contribution in [0.4, 0.5) is 4.79 Å². The lowest BCUT2D eigenvalue weighted by Crippen LogP contribution is -2.49. The van der Waals surface area contributed by atoms with Gasteiger partial charge in [0.1, 0.15) is 11.6 Å². The second kappa shape index (κ2) is 8.77. The number of rotatable bonds is 6. The number of carbonyl (C=O) groups is 2. The number of nitrogens with zero attached hydrogens (tertiary/aromatic N) is 1. The van der Waals surface area contributed by atoms with Gasteiger partial charge in [0.25, 0.3) is 5.91 Å². The molecule has 1 rings (SSSR count). The Bertz CT molecular complexity index is 585. The highest BCUT2D eigenvalue weighted by molar-refractivity contribution is 7.83. The second-order valence-electron chi connectivity index (χ2n) is 6.75. The highest BCUT2D eigenvalue weighted by Crippen LogP contribution is 2.10. The van der Waals surface area contributed by atoms with Gasteiger partial charge in [0.15, 0.2) is 11.0 Å². The Balaban J connectivity index is 2.74. The van der Waals surface area contributed by atoms with Crippen molar-refractivity contribution < 1.29 is 18.5 Å². The summed E-state index contributed by atoms with van der Waals surface area (Å²) in [5.41, 5.74) is -0.665. The fraction of sp³-hybridized carbons (Fsp3) is 0.562. The van der Waals surface area contributed by atoms with Gasteiger partial charge in [-0.15, -0.1) is 0 Å². The first-order chi connectivity index (χ1) is 11.1. The highest BCUT2D eigenvalue weighted by Gasteiger charge is 2.26. The number of amides is 2. The van der Waals surface area contributed by atoms with Crippen LogP contribution in [-0.2, 0) is 20.5 Å². The lowest BCUT2D eigenvalue weighted by Gasteiger charge is -2.24. The van der Waals surface area contributed by atoms with Crippen LogP contribution < -0.4 is 10.0 Å². The molecule has 0 aliphatic rings. The Labute approximate surface area is 145 Å². The molecule has 0 spiro atoms. The van der Waals surface area contributed by atoms with Gasteiger partial charge in [0.05, 0.1) is 4.90 Å². The molecular weight excluding hydrogens is 330 g/mol. The number of alkyl carbamates (subject to hydrolysis) is 1. The molecule has 0 aliphatic heterocycles. The van der Waals surface area contributed by atoms with Crippen LogP contribution in [0.1, 0.15) is 41.0 Å². The maximum absolute atomic E-state index is 12.4. The molecule has 2 amide bonds. The Hall–Kier alpha value is -1.96. The molecule has 2 N–H and O–H groups in total. The topological polar surface area (TPSA) is 97.4 Å². The van der Waals surface area contributed by atoms with E-state index in [0.717, 1.165) is 0 Å². The first-order valence-corrected chi connectivity index (χ1v) is 8.85. The third-order valence-electron chi connectivity index (χ3n) is 2.76. The molecule has 0 radical (unpaired) electrons. The summed E-state index contributed by atoms with van der Waals surface area (Å²) in [6.45, 7) is 9.06. The zero-order valence-corrected chi connectivity index (χ0v) is 15.5. The van der Waals surface area contributed by atoms with Crippen molar-refractivity contribution in [2.24, 2.45) is 5.92 Å². The van der Waals surface area contributed by atoms with Crippen molar-refractivity contribution >= 4 is 23.0 Å². The minimum atomic E-state index is -1.74. The molecule has 24 heavy (non-hydrogen) atoms. The molecule has 0 aliphatic carbocycles. The summed E-state index contributed by atoms with van der Waals surface area (Å²) in [7, 11) is -1.74. The van der Waals surface area contributed by atoms with Crippen LogP contribution in [0.25, 0.3) is 0 Å². The van der Waals surface area contributed by atoms with Gasteiger partial charge < -0.3 is 10.1 Å². The second-order valence-corrected chi connectivity index (χ2v) is 7.97. The fourth-order valence-corrected chi connectivity index (χ4v) is 2.63. The Morgan fingerprint density at radius 3 is 2.50 bits per heavy atom. The van der Waals surface area contributed by atoms with Crippen molar-refractivity contribution in [2.45, 2.75) is 57.6 Å². The van der Waals surface area contributed by atoms with Gasteiger partial charge in [-0.05, 0) is 45.2 Å². The molecule has 0 bridgehead atoms. The molecule has 1 unspecified atom stereocenters. The quantitative estimate of drug-likeness (QED) is 0.815. The molecule has 0 fully saturated rings. The summed E-state index contributed by atoms with van der Waals surface area (Å²) < 4.78 is 19.7. The standard InChI is InChI=1S/C16H25N3O4S/c1-11(2)9-13(18-15(21)23-16(3,4)5)14(20)19-24(22)12-7-6-8-17-10-12/h6-8,10-11,13H,9H2,1-5H3,(H,18,21)(H,19,20)/t13-,24?/m0/s1. The lowest BCUT2D eigenvalue weighted by atomic mass is 10.0. The SMILES string of the molecule is CC(C)C[C@H](NC(=O)OC(C)(C)C)C(=O)NS(=O)c1cccnc1. The largest absolute Gasteiger partial charge is 0.444 e. The summed E-state index contributed by atoms with van der Waals surface area (Å²) in [5, 5.41) is 2.54. The number of nitrogens with one attached hydrogen (secondary N) is 2. The molecule has 134 valence electrons. The molecule has 2 atom stereocenters. The van der Waals surface area contributed by atoms with E-state index in [1.165, 1.54) is 6.20 Å². The van der Waals surface area contributed by atoms with Crippen LogP contribution in [0.5, 0.6) is 0 Å². The summed E-state index contributed by atoms with van der Waals surface area (Å²) in [4.78, 5) is 28.5. The van der Waals surface area contributed by atoms with E-state index in [-0.39, 0.29) is 5.92 Å². The normalized spacial score (nSPS) is 13.9. The molecule has 0 saturated heterocycles. The van der Waals surface area contributed by atoms with Gasteiger partial charge in [-0.2, -0.15) is 0 Å². The van der Waals surface area contributed by atoms with Crippen LogP contribution in [-0.4, -0.2) is 32.8 Å². The van der Waals surface area contributed by atoms with E-state index >= 15 is 0 Å². The summed E-state index contributed by atoms with van der Waals surface area (Å²) in [5.74, 6) is -0.376. The van der Waals surface area contributed by atoms with Crippen molar-refractivity contribution in [2.75, 3.05) is 0 Å². The van der Waals surface area contributed by atoms with Crippen LogP contribution in [0.3, 0.4) is 0 Å². The Kier molecular flexibility index (Phi) is 7.34. The van der Waals surface area contributed by atoms with E-state index in [1.807, 2.05) is 13.8 Å². The summed E-state index contributed by atoms with van der Waals surface area (Å²) in [6.07, 6.45) is 2.67. The minimum absolute atomic E-state index is 0.155.